The zero-order valence-electron chi connectivity index (χ0n) is 49.1. The molecule has 0 aromatic rings. The minimum Gasteiger partial charge on any atom is -0.462 e. The van der Waals surface area contributed by atoms with Crippen molar-refractivity contribution >= 4 is 17.9 Å². The van der Waals surface area contributed by atoms with E-state index >= 15 is 0 Å². The van der Waals surface area contributed by atoms with Crippen molar-refractivity contribution in [2.75, 3.05) is 13.2 Å². The zero-order valence-corrected chi connectivity index (χ0v) is 49.1. The van der Waals surface area contributed by atoms with Crippen LogP contribution in [-0.4, -0.2) is 37.2 Å². The molecule has 6 heteroatoms. The first kappa shape index (κ1) is 70.8. The van der Waals surface area contributed by atoms with Crippen LogP contribution in [0.4, 0.5) is 0 Å². The lowest BCUT2D eigenvalue weighted by molar-refractivity contribution is -0.167. The fourth-order valence-electron chi connectivity index (χ4n) is 9.17. The molecule has 0 fully saturated rings. The number of allylic oxidation sites excluding steroid dienone is 12. The Morgan fingerprint density at radius 2 is 0.527 bits per heavy atom. The Bertz CT molecular complexity index is 1370. The molecular formula is C68H120O6. The number of hydrogen-bond donors (Lipinski definition) is 0. The molecule has 0 saturated carbocycles. The quantitative estimate of drug-likeness (QED) is 0.0261. The Morgan fingerprint density at radius 1 is 0.284 bits per heavy atom. The monoisotopic (exact) mass is 1030 g/mol. The van der Waals surface area contributed by atoms with E-state index in [1.807, 2.05) is 0 Å². The van der Waals surface area contributed by atoms with Gasteiger partial charge in [0.25, 0.3) is 0 Å². The van der Waals surface area contributed by atoms with Crippen molar-refractivity contribution in [3.63, 3.8) is 0 Å². The van der Waals surface area contributed by atoms with Crippen LogP contribution in [0.15, 0.2) is 72.9 Å². The van der Waals surface area contributed by atoms with Crippen molar-refractivity contribution in [2.24, 2.45) is 0 Å². The first-order valence-electron chi connectivity index (χ1n) is 31.9. The maximum absolute atomic E-state index is 12.8. The highest BCUT2D eigenvalue weighted by molar-refractivity contribution is 5.71. The van der Waals surface area contributed by atoms with E-state index in [2.05, 4.69) is 93.7 Å². The van der Waals surface area contributed by atoms with Gasteiger partial charge in [-0.15, -0.1) is 0 Å². The van der Waals surface area contributed by atoms with E-state index in [1.165, 1.54) is 186 Å². The van der Waals surface area contributed by atoms with Crippen LogP contribution in [0.5, 0.6) is 0 Å². The molecule has 1 atom stereocenters. The first-order chi connectivity index (χ1) is 36.5. The summed E-state index contributed by atoms with van der Waals surface area (Å²) in [6.07, 6.45) is 80.8. The Morgan fingerprint density at radius 3 is 0.824 bits per heavy atom. The number of ether oxygens (including phenoxy) is 3. The van der Waals surface area contributed by atoms with Crippen LogP contribution in [0.3, 0.4) is 0 Å². The van der Waals surface area contributed by atoms with E-state index in [-0.39, 0.29) is 31.1 Å². The summed E-state index contributed by atoms with van der Waals surface area (Å²) in [7, 11) is 0. The lowest BCUT2D eigenvalue weighted by Gasteiger charge is -2.18. The SMILES string of the molecule is CC/C=C\C/C=C\C/C=C\CCCCCCCCCC(=O)OC(COC(=O)CCCCCCCCCC)COC(=O)CCCCCCCCCCCCCCCCCC/C=C\C/C=C\C/C=C\CCCCCCC. The number of carbonyl (C=O) groups is 3. The van der Waals surface area contributed by atoms with E-state index in [0.717, 1.165) is 96.3 Å². The van der Waals surface area contributed by atoms with E-state index in [0.29, 0.717) is 19.3 Å². The van der Waals surface area contributed by atoms with Gasteiger partial charge in [-0.1, -0.05) is 286 Å². The average molecular weight is 1030 g/mol. The molecule has 0 N–H and O–H groups in total. The molecule has 0 aliphatic heterocycles. The van der Waals surface area contributed by atoms with Gasteiger partial charge in [0.1, 0.15) is 13.2 Å². The van der Waals surface area contributed by atoms with Gasteiger partial charge in [0.2, 0.25) is 0 Å². The van der Waals surface area contributed by atoms with Crippen LogP contribution >= 0.6 is 0 Å². The van der Waals surface area contributed by atoms with E-state index in [9.17, 15) is 14.4 Å². The maximum atomic E-state index is 12.8. The molecule has 1 unspecified atom stereocenters. The molecule has 0 rings (SSSR count). The molecular weight excluding hydrogens is 913 g/mol. The van der Waals surface area contributed by atoms with Gasteiger partial charge in [-0.2, -0.15) is 0 Å². The number of hydrogen-bond acceptors (Lipinski definition) is 6. The lowest BCUT2D eigenvalue weighted by Crippen LogP contribution is -2.30. The molecule has 0 bridgehead atoms. The summed E-state index contributed by atoms with van der Waals surface area (Å²) in [5.74, 6) is -0.878. The highest BCUT2D eigenvalue weighted by Gasteiger charge is 2.19. The molecule has 0 aromatic heterocycles. The van der Waals surface area contributed by atoms with Crippen LogP contribution in [-0.2, 0) is 28.6 Å². The lowest BCUT2D eigenvalue weighted by atomic mass is 10.0. The molecule has 6 nitrogen and oxygen atoms in total. The van der Waals surface area contributed by atoms with Gasteiger partial charge in [-0.3, -0.25) is 14.4 Å². The van der Waals surface area contributed by atoms with Gasteiger partial charge in [0.05, 0.1) is 0 Å². The third-order valence-electron chi connectivity index (χ3n) is 13.9. The van der Waals surface area contributed by atoms with Gasteiger partial charge in [-0.25, -0.2) is 0 Å². The van der Waals surface area contributed by atoms with Crippen molar-refractivity contribution in [1.29, 1.82) is 0 Å². The fourth-order valence-corrected chi connectivity index (χ4v) is 9.17. The number of esters is 3. The van der Waals surface area contributed by atoms with E-state index < -0.39 is 6.10 Å². The molecule has 428 valence electrons. The van der Waals surface area contributed by atoms with Crippen molar-refractivity contribution in [2.45, 2.75) is 329 Å². The van der Waals surface area contributed by atoms with Gasteiger partial charge in [0.15, 0.2) is 6.10 Å². The van der Waals surface area contributed by atoms with Gasteiger partial charge in [0, 0.05) is 19.3 Å². The average Bonchev–Trinajstić information content (AvgIpc) is 3.40. The summed E-state index contributed by atoms with van der Waals surface area (Å²) in [4.78, 5) is 38.1. The smallest absolute Gasteiger partial charge is 0.306 e. The van der Waals surface area contributed by atoms with Crippen molar-refractivity contribution < 1.29 is 28.6 Å². The van der Waals surface area contributed by atoms with Crippen LogP contribution < -0.4 is 0 Å². The second-order valence-corrected chi connectivity index (χ2v) is 21.3. The Kier molecular flexibility index (Phi) is 59.7. The third kappa shape index (κ3) is 59.7. The molecule has 0 aliphatic carbocycles. The minimum absolute atomic E-state index is 0.0764. The third-order valence-corrected chi connectivity index (χ3v) is 13.9. The summed E-state index contributed by atoms with van der Waals surface area (Å²) in [5.41, 5.74) is 0. The van der Waals surface area contributed by atoms with Crippen molar-refractivity contribution in [3.8, 4) is 0 Å². The summed E-state index contributed by atoms with van der Waals surface area (Å²) in [6, 6.07) is 0. The number of rotatable bonds is 58. The number of unbranched alkanes of at least 4 members (excludes halogenated alkanes) is 35. The van der Waals surface area contributed by atoms with Crippen LogP contribution in [0.1, 0.15) is 323 Å². The highest BCUT2D eigenvalue weighted by atomic mass is 16.6. The standard InChI is InChI=1S/C68H120O6/c1-4-7-10-13-16-19-21-23-25-27-28-29-30-31-32-33-34-35-36-37-38-39-40-42-43-45-47-49-52-55-58-61-67(70)73-64-65(63-72-66(69)60-57-54-51-18-15-12-9-6-3)74-68(71)62-59-56-53-50-48-46-44-41-26-24-22-20-17-14-11-8-5-2/h8,11,17,20-21,23-24,26-28,30-31,65H,4-7,9-10,12-16,18-19,22,25,29,32-64H2,1-3H3/b11-8-,20-17-,23-21-,26-24-,28-27-,31-30-. The first-order valence-corrected chi connectivity index (χ1v) is 31.9. The molecule has 0 aliphatic rings. The molecule has 0 spiro atoms. The maximum Gasteiger partial charge on any atom is 0.306 e. The van der Waals surface area contributed by atoms with Crippen molar-refractivity contribution in [3.05, 3.63) is 72.9 Å². The Balaban J connectivity index is 4.08. The summed E-state index contributed by atoms with van der Waals surface area (Å²) in [6.45, 7) is 6.51. The highest BCUT2D eigenvalue weighted by Crippen LogP contribution is 2.17. The molecule has 0 amide bonds. The van der Waals surface area contributed by atoms with Crippen molar-refractivity contribution in [1.82, 2.24) is 0 Å². The molecule has 0 aromatic carbocycles. The normalized spacial score (nSPS) is 12.5. The topological polar surface area (TPSA) is 78.9 Å². The predicted octanol–water partition coefficient (Wildman–Crippen LogP) is 21.7. The van der Waals surface area contributed by atoms with Gasteiger partial charge in [-0.05, 0) is 89.9 Å². The van der Waals surface area contributed by atoms with E-state index in [1.54, 1.807) is 0 Å². The summed E-state index contributed by atoms with van der Waals surface area (Å²) >= 11 is 0. The van der Waals surface area contributed by atoms with Crippen LogP contribution in [0, 0.1) is 0 Å². The second kappa shape index (κ2) is 62.4. The Hall–Kier alpha value is -3.15. The summed E-state index contributed by atoms with van der Waals surface area (Å²) < 4.78 is 16.8. The molecule has 0 saturated heterocycles. The van der Waals surface area contributed by atoms with Crippen LogP contribution in [0.2, 0.25) is 0 Å². The predicted molar refractivity (Wildman–Crippen MR) is 321 cm³/mol. The largest absolute Gasteiger partial charge is 0.462 e. The molecule has 0 heterocycles. The molecule has 0 radical (unpaired) electrons. The minimum atomic E-state index is -0.777. The summed E-state index contributed by atoms with van der Waals surface area (Å²) in [5, 5.41) is 0. The zero-order chi connectivity index (χ0) is 53.6. The van der Waals surface area contributed by atoms with E-state index in [4.69, 9.17) is 14.2 Å². The second-order valence-electron chi connectivity index (χ2n) is 21.3. The van der Waals surface area contributed by atoms with Gasteiger partial charge < -0.3 is 14.2 Å². The van der Waals surface area contributed by atoms with Crippen LogP contribution in [0.25, 0.3) is 0 Å². The fraction of sp³-hybridized carbons (Fsp3) is 0.779. The Labute approximate surface area is 459 Å². The molecule has 74 heavy (non-hydrogen) atoms. The van der Waals surface area contributed by atoms with Gasteiger partial charge >= 0.3 is 17.9 Å². The number of carbonyl (C=O) groups excluding carboxylic acids is 3.